The van der Waals surface area contributed by atoms with E-state index in [4.69, 9.17) is 0 Å². The molecule has 7 aromatic rings. The molecule has 0 saturated carbocycles. The Morgan fingerprint density at radius 3 is 1.88 bits per heavy atom. The molecule has 0 bridgehead atoms. The number of pyridine rings is 3. The van der Waals surface area contributed by atoms with Gasteiger partial charge < -0.3 is 0 Å². The second kappa shape index (κ2) is 11.7. The van der Waals surface area contributed by atoms with Gasteiger partial charge in [0.05, 0.1) is 28.7 Å². The first kappa shape index (κ1) is 28.3. The lowest BCUT2D eigenvalue weighted by Crippen LogP contribution is -2.42. The summed E-state index contributed by atoms with van der Waals surface area (Å²) in [7, 11) is 0. The molecule has 4 aromatic carbocycles. The van der Waals surface area contributed by atoms with Crippen molar-refractivity contribution in [3.05, 3.63) is 186 Å². The summed E-state index contributed by atoms with van der Waals surface area (Å²) in [5.41, 5.74) is 17.8. The molecule has 0 spiro atoms. The van der Waals surface area contributed by atoms with Crippen LogP contribution in [-0.2, 0) is 19.5 Å². The van der Waals surface area contributed by atoms with E-state index in [1.807, 2.05) is 0 Å². The average Bonchev–Trinajstić information content (AvgIpc) is 3.17. The highest BCUT2D eigenvalue weighted by molar-refractivity contribution is 5.89. The second-order valence-electron chi connectivity index (χ2n) is 12.8. The van der Waals surface area contributed by atoms with Gasteiger partial charge in [0.1, 0.15) is 0 Å². The Balaban J connectivity index is 1.39. The molecule has 0 amide bonds. The van der Waals surface area contributed by atoms with Crippen LogP contribution in [0.2, 0.25) is 0 Å². The lowest BCUT2D eigenvalue weighted by molar-refractivity contribution is -0.683. The van der Waals surface area contributed by atoms with Crippen LogP contribution in [0.4, 0.5) is 0 Å². The van der Waals surface area contributed by atoms with Crippen molar-refractivity contribution in [1.82, 2.24) is 0 Å². The Hall–Kier alpha value is -5.93. The maximum absolute atomic E-state index is 2.54. The molecule has 3 heteroatoms. The zero-order chi connectivity index (χ0) is 32.0. The fourth-order valence-electron chi connectivity index (χ4n) is 7.81. The van der Waals surface area contributed by atoms with Crippen molar-refractivity contribution in [3.8, 4) is 44.9 Å². The van der Waals surface area contributed by atoms with Crippen LogP contribution in [-0.4, -0.2) is 0 Å². The lowest BCUT2D eigenvalue weighted by Gasteiger charge is -2.20. The molecule has 3 nitrogen and oxygen atoms in total. The molecule has 5 heterocycles. The summed E-state index contributed by atoms with van der Waals surface area (Å²) < 4.78 is 7.42. The van der Waals surface area contributed by atoms with Crippen LogP contribution in [0.25, 0.3) is 56.2 Å². The zero-order valence-corrected chi connectivity index (χ0v) is 27.1. The van der Waals surface area contributed by atoms with Gasteiger partial charge in [-0.15, -0.1) is 0 Å². The summed E-state index contributed by atoms with van der Waals surface area (Å²) in [4.78, 5) is 0. The highest BCUT2D eigenvalue weighted by Gasteiger charge is 2.35. The summed E-state index contributed by atoms with van der Waals surface area (Å²) in [5, 5.41) is 0. The van der Waals surface area contributed by atoms with Crippen molar-refractivity contribution < 1.29 is 13.7 Å². The Bertz CT molecular complexity index is 2390. The maximum Gasteiger partial charge on any atom is 0.218 e. The van der Waals surface area contributed by atoms with Crippen molar-refractivity contribution in [2.45, 2.75) is 26.4 Å². The van der Waals surface area contributed by atoms with E-state index in [1.165, 1.54) is 78.6 Å². The van der Waals surface area contributed by atoms with Crippen LogP contribution >= 0.6 is 0 Å². The summed E-state index contributed by atoms with van der Waals surface area (Å²) in [5.74, 6) is 0. The molecule has 0 aliphatic carbocycles. The van der Waals surface area contributed by atoms with Gasteiger partial charge in [0.15, 0.2) is 31.2 Å². The fraction of sp³-hybridized carbons (Fsp3) is 0.0889. The van der Waals surface area contributed by atoms with Gasteiger partial charge in [-0.2, -0.15) is 13.7 Å². The van der Waals surface area contributed by atoms with Crippen molar-refractivity contribution in [2.24, 2.45) is 0 Å². The van der Waals surface area contributed by atoms with Crippen molar-refractivity contribution in [1.29, 1.82) is 0 Å². The molecule has 0 fully saturated rings. The zero-order valence-electron chi connectivity index (χ0n) is 27.1. The van der Waals surface area contributed by atoms with E-state index >= 15 is 0 Å². The van der Waals surface area contributed by atoms with Gasteiger partial charge in [-0.3, -0.25) is 0 Å². The molecule has 9 rings (SSSR count). The van der Waals surface area contributed by atoms with Crippen molar-refractivity contribution in [2.75, 3.05) is 0 Å². The number of allylic oxidation sites excluding steroid dienone is 2. The first-order valence-corrected chi connectivity index (χ1v) is 16.8. The number of fused-ring (bicyclic) bond motifs is 9. The van der Waals surface area contributed by atoms with Crippen molar-refractivity contribution in [3.63, 3.8) is 0 Å². The minimum Gasteiger partial charge on any atom is -0.194 e. The third kappa shape index (κ3) is 4.70. The summed E-state index contributed by atoms with van der Waals surface area (Å²) in [6, 6.07) is 55.5. The van der Waals surface area contributed by atoms with E-state index in [2.05, 4.69) is 185 Å². The molecule has 3 aromatic heterocycles. The minimum absolute atomic E-state index is 0.738. The van der Waals surface area contributed by atoms with E-state index in [1.54, 1.807) is 0 Å². The molecule has 2 aliphatic rings. The number of hydrogen-bond donors (Lipinski definition) is 0. The van der Waals surface area contributed by atoms with Gasteiger partial charge in [0, 0.05) is 53.9 Å². The fourth-order valence-corrected chi connectivity index (χ4v) is 7.81. The number of hydrogen-bond acceptors (Lipinski definition) is 0. The molecule has 228 valence electrons. The number of rotatable bonds is 1. The van der Waals surface area contributed by atoms with Gasteiger partial charge in [-0.25, -0.2) is 0 Å². The predicted octanol–water partition coefficient (Wildman–Crippen LogP) is 8.51. The van der Waals surface area contributed by atoms with Crippen LogP contribution < -0.4 is 13.7 Å². The van der Waals surface area contributed by atoms with Crippen LogP contribution in [0.1, 0.15) is 22.4 Å². The van der Waals surface area contributed by atoms with Gasteiger partial charge >= 0.3 is 0 Å². The summed E-state index contributed by atoms with van der Waals surface area (Å²) >= 11 is 0. The first-order valence-electron chi connectivity index (χ1n) is 16.8. The van der Waals surface area contributed by atoms with E-state index in [9.17, 15) is 0 Å². The number of nitrogens with zero attached hydrogens (tertiary/aromatic N) is 3. The van der Waals surface area contributed by atoms with Crippen LogP contribution in [0.5, 0.6) is 0 Å². The average molecular weight is 619 g/mol. The molecule has 0 saturated heterocycles. The van der Waals surface area contributed by atoms with E-state index in [-0.39, 0.29) is 0 Å². The predicted molar refractivity (Wildman–Crippen MR) is 192 cm³/mol. The van der Waals surface area contributed by atoms with E-state index in [0.29, 0.717) is 0 Å². The Kier molecular flexibility index (Phi) is 6.90. The molecule has 0 radical (unpaired) electrons. The SMILES string of the molecule is Cc1c(-c2ccccc2)ccc2[n+]1Cc1ccccc1-c1cccc[n+]1C/C(=C1/Cc3ccccc3-c3cccc[n+]31)c1ccccc1-2. The molecule has 0 N–H and O–H groups in total. The van der Waals surface area contributed by atoms with Gasteiger partial charge in [-0.1, -0.05) is 84.9 Å². The van der Waals surface area contributed by atoms with Gasteiger partial charge in [-0.05, 0) is 47.5 Å². The molecular formula is C45H36N3+3. The Morgan fingerprint density at radius 1 is 0.438 bits per heavy atom. The van der Waals surface area contributed by atoms with Crippen LogP contribution in [0.15, 0.2) is 164 Å². The quantitative estimate of drug-likeness (QED) is 0.164. The Morgan fingerprint density at radius 2 is 1.06 bits per heavy atom. The largest absolute Gasteiger partial charge is 0.218 e. The molecule has 0 atom stereocenters. The first-order chi connectivity index (χ1) is 23.7. The minimum atomic E-state index is 0.738. The summed E-state index contributed by atoms with van der Waals surface area (Å²) in [6.07, 6.45) is 5.35. The smallest absolute Gasteiger partial charge is 0.194 e. The lowest BCUT2D eigenvalue weighted by atomic mass is 9.89. The molecule has 0 unspecified atom stereocenters. The number of aromatic nitrogens is 3. The maximum atomic E-state index is 2.54. The normalized spacial score (nSPS) is 14.7. The monoisotopic (exact) mass is 618 g/mol. The third-order valence-electron chi connectivity index (χ3n) is 10.1. The van der Waals surface area contributed by atoms with E-state index in [0.717, 1.165) is 19.5 Å². The molecular weight excluding hydrogens is 583 g/mol. The van der Waals surface area contributed by atoms with E-state index < -0.39 is 0 Å². The highest BCUT2D eigenvalue weighted by Crippen LogP contribution is 2.37. The van der Waals surface area contributed by atoms with Crippen LogP contribution in [0.3, 0.4) is 0 Å². The third-order valence-corrected chi connectivity index (χ3v) is 10.1. The molecule has 48 heavy (non-hydrogen) atoms. The second-order valence-corrected chi connectivity index (χ2v) is 12.8. The van der Waals surface area contributed by atoms with Crippen molar-refractivity contribution >= 4 is 11.3 Å². The van der Waals surface area contributed by atoms with Crippen LogP contribution in [0, 0.1) is 6.92 Å². The number of benzene rings is 4. The highest BCUT2D eigenvalue weighted by atomic mass is 15.0. The van der Waals surface area contributed by atoms with Gasteiger partial charge in [0.2, 0.25) is 22.8 Å². The standard InChI is InChI=1S/C45H36N3/c1-32-36(33-15-3-2-4-16-33)25-26-44-40-22-10-9-21-39(40)41(45-29-34-17-5-7-19-37(34)43-24-12-14-28-47(43)45)31-46-27-13-11-23-42(46)38-20-8-6-18-35(38)30-48(32)44/h2-28H,29-31H2,1H3/q+3/b45-41+. The Labute approximate surface area is 282 Å². The molecule has 2 aliphatic heterocycles. The topological polar surface area (TPSA) is 11.6 Å². The summed E-state index contributed by atoms with van der Waals surface area (Å²) in [6.45, 7) is 3.78. The van der Waals surface area contributed by atoms with Gasteiger partial charge in [0.25, 0.3) is 0 Å².